The first kappa shape index (κ1) is 33.2. The summed E-state index contributed by atoms with van der Waals surface area (Å²) in [5, 5.41) is 5.57. The number of esters is 1. The van der Waals surface area contributed by atoms with Gasteiger partial charge in [0.25, 0.3) is 0 Å². The Morgan fingerprint density at radius 3 is 2.09 bits per heavy atom. The summed E-state index contributed by atoms with van der Waals surface area (Å²) in [5.41, 5.74) is 2.54. The average molecular weight is 633 g/mol. The molecule has 2 fully saturated rings. The van der Waals surface area contributed by atoms with Crippen LogP contribution in [0.5, 0.6) is 0 Å². The van der Waals surface area contributed by atoms with Crippen molar-refractivity contribution in [1.29, 1.82) is 0 Å². The Morgan fingerprint density at radius 1 is 0.848 bits per heavy atom. The summed E-state index contributed by atoms with van der Waals surface area (Å²) < 4.78 is 36.7. The van der Waals surface area contributed by atoms with Crippen LogP contribution in [0.25, 0.3) is 0 Å². The molecule has 2 N–H and O–H groups in total. The van der Waals surface area contributed by atoms with Crippen molar-refractivity contribution in [2.24, 2.45) is 0 Å². The largest absolute Gasteiger partial charge is 0.459 e. The number of rotatable bonds is 12. The van der Waals surface area contributed by atoms with E-state index in [4.69, 9.17) is 28.4 Å². The number of carbonyl (C=O) groups is 3. The predicted octanol–water partition coefficient (Wildman–Crippen LogP) is 3.57. The number of hydrogen-bond acceptors (Lipinski definition) is 9. The van der Waals surface area contributed by atoms with E-state index in [0.717, 1.165) is 16.7 Å². The van der Waals surface area contributed by atoms with Gasteiger partial charge >= 0.3 is 5.97 Å². The molecule has 0 spiro atoms. The predicted molar refractivity (Wildman–Crippen MR) is 166 cm³/mol. The molecule has 244 valence electrons. The minimum Gasteiger partial charge on any atom is -0.459 e. The first-order valence-corrected chi connectivity index (χ1v) is 15.3. The quantitative estimate of drug-likeness (QED) is 0.288. The highest BCUT2D eigenvalue weighted by molar-refractivity contribution is 5.86. The Balaban J connectivity index is 1.31. The molecular weight excluding hydrogens is 592 g/mol. The molecule has 2 amide bonds. The van der Waals surface area contributed by atoms with Crippen molar-refractivity contribution in [1.82, 2.24) is 10.6 Å². The zero-order valence-corrected chi connectivity index (χ0v) is 26.1. The lowest BCUT2D eigenvalue weighted by molar-refractivity contribution is -0.351. The Bertz CT molecular complexity index is 1430. The molecule has 11 nitrogen and oxygen atoms in total. The number of fused-ring (bicyclic) bond motifs is 1. The van der Waals surface area contributed by atoms with Gasteiger partial charge in [0.1, 0.15) is 43.1 Å². The number of amides is 2. The van der Waals surface area contributed by atoms with Gasteiger partial charge in [-0.05, 0) is 25.0 Å². The van der Waals surface area contributed by atoms with Crippen LogP contribution in [0.4, 0.5) is 0 Å². The topological polar surface area (TPSA) is 131 Å². The summed E-state index contributed by atoms with van der Waals surface area (Å²) in [6.07, 6.45) is -4.98. The Kier molecular flexibility index (Phi) is 11.5. The minimum absolute atomic E-state index is 0.0852. The zero-order valence-electron chi connectivity index (χ0n) is 26.1. The van der Waals surface area contributed by atoms with Crippen LogP contribution in [-0.4, -0.2) is 67.2 Å². The second-order valence-electron chi connectivity index (χ2n) is 11.3. The van der Waals surface area contributed by atoms with Crippen LogP contribution in [0.15, 0.2) is 91.0 Å². The lowest BCUT2D eigenvalue weighted by Crippen LogP contribution is -2.68. The van der Waals surface area contributed by atoms with Crippen molar-refractivity contribution < 1.29 is 42.8 Å². The zero-order chi connectivity index (χ0) is 32.5. The van der Waals surface area contributed by atoms with Gasteiger partial charge in [0.15, 0.2) is 12.6 Å². The summed E-state index contributed by atoms with van der Waals surface area (Å²) in [4.78, 5) is 38.4. The smallest absolute Gasteiger partial charge is 0.328 e. The molecule has 0 aliphatic carbocycles. The fourth-order valence-electron chi connectivity index (χ4n) is 5.34. The van der Waals surface area contributed by atoms with Crippen LogP contribution in [0.3, 0.4) is 0 Å². The standard InChI is InChI=1S/C35H40N2O9/c1-22(33(40)41-19-25-13-7-4-8-14-25)36-32(39)23(2)44-31-29(37-24(3)38)35(42-20-26-15-9-5-10-16-26)45-28-21-43-34(46-30(28)31)27-17-11-6-12-18-27/h4-18,22-23,28-31,34-35H,19-21H2,1-3H3,(H,36,39)(H,37,38)/t22-,23-,28+,29+,30-,31+,34+,35-/m1/s1. The molecule has 3 aromatic rings. The van der Waals surface area contributed by atoms with Gasteiger partial charge in [-0.15, -0.1) is 0 Å². The van der Waals surface area contributed by atoms with Crippen molar-refractivity contribution in [2.45, 2.75) is 83.1 Å². The fourth-order valence-corrected chi connectivity index (χ4v) is 5.34. The van der Waals surface area contributed by atoms with Crippen LogP contribution in [0, 0.1) is 0 Å². The molecule has 0 radical (unpaired) electrons. The second-order valence-corrected chi connectivity index (χ2v) is 11.3. The summed E-state index contributed by atoms with van der Waals surface area (Å²) in [7, 11) is 0. The first-order chi connectivity index (χ1) is 22.3. The van der Waals surface area contributed by atoms with E-state index in [-0.39, 0.29) is 25.7 Å². The molecule has 0 bridgehead atoms. The molecule has 46 heavy (non-hydrogen) atoms. The number of nitrogens with one attached hydrogen (secondary N) is 2. The second kappa shape index (κ2) is 15.9. The van der Waals surface area contributed by atoms with E-state index < -0.39 is 61.0 Å². The molecule has 0 aromatic heterocycles. The fraction of sp³-hybridized carbons (Fsp3) is 0.400. The highest BCUT2D eigenvalue weighted by atomic mass is 16.8. The molecule has 8 atom stereocenters. The molecule has 3 aromatic carbocycles. The van der Waals surface area contributed by atoms with E-state index in [9.17, 15) is 14.4 Å². The summed E-state index contributed by atoms with van der Waals surface area (Å²) in [6, 6.07) is 26.5. The maximum Gasteiger partial charge on any atom is 0.328 e. The maximum atomic E-state index is 13.3. The van der Waals surface area contributed by atoms with Crippen LogP contribution in [0.1, 0.15) is 43.8 Å². The van der Waals surface area contributed by atoms with Gasteiger partial charge in [0.05, 0.1) is 13.2 Å². The van der Waals surface area contributed by atoms with Gasteiger partial charge in [-0.1, -0.05) is 91.0 Å². The van der Waals surface area contributed by atoms with Crippen LogP contribution >= 0.6 is 0 Å². The Hall–Kier alpha value is -4.13. The normalized spacial score (nSPS) is 25.4. The molecule has 0 unspecified atom stereocenters. The van der Waals surface area contributed by atoms with E-state index in [1.807, 2.05) is 91.0 Å². The van der Waals surface area contributed by atoms with E-state index in [1.54, 1.807) is 13.8 Å². The van der Waals surface area contributed by atoms with Crippen molar-refractivity contribution in [2.75, 3.05) is 6.61 Å². The van der Waals surface area contributed by atoms with Gasteiger partial charge in [-0.3, -0.25) is 9.59 Å². The molecule has 11 heteroatoms. The van der Waals surface area contributed by atoms with Crippen LogP contribution < -0.4 is 10.6 Å². The monoisotopic (exact) mass is 632 g/mol. The van der Waals surface area contributed by atoms with Crippen LogP contribution in [-0.2, 0) is 56.0 Å². The van der Waals surface area contributed by atoms with Gasteiger partial charge in [-0.2, -0.15) is 0 Å². The van der Waals surface area contributed by atoms with Gasteiger partial charge in [0.2, 0.25) is 11.8 Å². The lowest BCUT2D eigenvalue weighted by Gasteiger charge is -2.49. The maximum absolute atomic E-state index is 13.3. The number of hydrogen-bond donors (Lipinski definition) is 2. The van der Waals surface area contributed by atoms with Crippen molar-refractivity contribution in [3.05, 3.63) is 108 Å². The molecule has 2 aliphatic heterocycles. The molecule has 2 aliphatic rings. The highest BCUT2D eigenvalue weighted by Gasteiger charge is 2.52. The molecule has 2 heterocycles. The van der Waals surface area contributed by atoms with Gasteiger partial charge in [-0.25, -0.2) is 4.79 Å². The van der Waals surface area contributed by atoms with Gasteiger partial charge in [0, 0.05) is 12.5 Å². The highest BCUT2D eigenvalue weighted by Crippen LogP contribution is 2.36. The third kappa shape index (κ3) is 8.77. The van der Waals surface area contributed by atoms with Crippen molar-refractivity contribution in [3.63, 3.8) is 0 Å². The molecule has 2 saturated heterocycles. The van der Waals surface area contributed by atoms with Gasteiger partial charge < -0.3 is 39.1 Å². The van der Waals surface area contributed by atoms with Crippen molar-refractivity contribution >= 4 is 17.8 Å². The van der Waals surface area contributed by atoms with E-state index in [0.29, 0.717) is 0 Å². The molecule has 0 saturated carbocycles. The third-order valence-corrected chi connectivity index (χ3v) is 7.70. The molecular formula is C35H40N2O9. The van der Waals surface area contributed by atoms with Crippen LogP contribution in [0.2, 0.25) is 0 Å². The first-order valence-electron chi connectivity index (χ1n) is 15.3. The summed E-state index contributed by atoms with van der Waals surface area (Å²) >= 11 is 0. The number of benzene rings is 3. The van der Waals surface area contributed by atoms with E-state index in [1.165, 1.54) is 6.92 Å². The van der Waals surface area contributed by atoms with E-state index in [2.05, 4.69) is 10.6 Å². The summed E-state index contributed by atoms with van der Waals surface area (Å²) in [6.45, 7) is 4.95. The average Bonchev–Trinajstić information content (AvgIpc) is 3.08. The number of carbonyl (C=O) groups excluding carboxylic acids is 3. The molecule has 5 rings (SSSR count). The number of ether oxygens (including phenoxy) is 6. The third-order valence-electron chi connectivity index (χ3n) is 7.70. The van der Waals surface area contributed by atoms with Crippen molar-refractivity contribution in [3.8, 4) is 0 Å². The van der Waals surface area contributed by atoms with E-state index >= 15 is 0 Å². The lowest BCUT2D eigenvalue weighted by atomic mass is 9.95. The summed E-state index contributed by atoms with van der Waals surface area (Å²) in [5.74, 6) is -1.46. The minimum atomic E-state index is -1.05. The Morgan fingerprint density at radius 2 is 1.46 bits per heavy atom. The SMILES string of the molecule is CC(=O)N[C@@H]1[C@H](OCc2ccccc2)O[C@H]2CO[C@H](c3ccccc3)O[C@H]2[C@H]1O[C@H](C)C(=O)N[C@H](C)C(=O)OCc1ccccc1. The Labute approximate surface area is 268 Å².